The number of hydrogen-bond acceptors (Lipinski definition) is 4. The van der Waals surface area contributed by atoms with E-state index in [2.05, 4.69) is 10.2 Å². The first-order valence-electron chi connectivity index (χ1n) is 7.28. The Bertz CT molecular complexity index is 721. The molecule has 0 aliphatic carbocycles. The van der Waals surface area contributed by atoms with Crippen molar-refractivity contribution in [2.24, 2.45) is 0 Å². The van der Waals surface area contributed by atoms with Crippen LogP contribution in [0.5, 0.6) is 11.5 Å². The van der Waals surface area contributed by atoms with Crippen LogP contribution in [0.2, 0.25) is 0 Å². The minimum absolute atomic E-state index is 0.0567. The van der Waals surface area contributed by atoms with E-state index in [1.54, 1.807) is 18.2 Å². The molecular formula is C17H17FN2O3. The predicted octanol–water partition coefficient (Wildman–Crippen LogP) is 2.67. The summed E-state index contributed by atoms with van der Waals surface area (Å²) in [5.74, 6) is 0.000943. The zero-order valence-corrected chi connectivity index (χ0v) is 12.7. The number of carbonyl (C=O) groups excluding carboxylic acids is 1. The maximum atomic E-state index is 13.4. The van der Waals surface area contributed by atoms with Crippen molar-refractivity contribution in [3.05, 3.63) is 48.3 Å². The molecule has 1 N–H and O–H groups in total. The van der Waals surface area contributed by atoms with Gasteiger partial charge in [0, 0.05) is 12.7 Å². The summed E-state index contributed by atoms with van der Waals surface area (Å²) in [6.07, 6.45) is 0. The summed E-state index contributed by atoms with van der Waals surface area (Å²) in [7, 11) is 1.97. The van der Waals surface area contributed by atoms with Crippen LogP contribution in [0, 0.1) is 5.82 Å². The number of amides is 1. The van der Waals surface area contributed by atoms with Crippen molar-refractivity contribution in [2.45, 2.75) is 0 Å². The van der Waals surface area contributed by atoms with E-state index in [1.807, 2.05) is 19.2 Å². The van der Waals surface area contributed by atoms with Crippen LogP contribution in [0.15, 0.2) is 42.5 Å². The number of para-hydroxylation sites is 1. The van der Waals surface area contributed by atoms with Gasteiger partial charge < -0.3 is 19.7 Å². The number of likely N-dealkylation sites (N-methyl/N-ethyl adjacent to an activating group) is 1. The smallest absolute Gasteiger partial charge is 0.262 e. The Hall–Kier alpha value is -2.76. The van der Waals surface area contributed by atoms with Crippen LogP contribution in [-0.2, 0) is 4.79 Å². The zero-order chi connectivity index (χ0) is 16.2. The molecular weight excluding hydrogens is 299 g/mol. The minimum Gasteiger partial charge on any atom is -0.490 e. The van der Waals surface area contributed by atoms with Crippen molar-refractivity contribution in [3.63, 3.8) is 0 Å². The van der Waals surface area contributed by atoms with Crippen LogP contribution >= 0.6 is 0 Å². The fraction of sp³-hybridized carbons (Fsp3) is 0.235. The molecule has 0 spiro atoms. The molecule has 23 heavy (non-hydrogen) atoms. The van der Waals surface area contributed by atoms with Gasteiger partial charge >= 0.3 is 0 Å². The number of ether oxygens (including phenoxy) is 2. The van der Waals surface area contributed by atoms with Gasteiger partial charge in [-0.05, 0) is 30.3 Å². The van der Waals surface area contributed by atoms with E-state index in [1.165, 1.54) is 12.1 Å². The van der Waals surface area contributed by atoms with Gasteiger partial charge in [-0.2, -0.15) is 0 Å². The van der Waals surface area contributed by atoms with Crippen molar-refractivity contribution in [2.75, 3.05) is 37.0 Å². The molecule has 0 fully saturated rings. The lowest BCUT2D eigenvalue weighted by molar-refractivity contribution is -0.118. The second kappa shape index (κ2) is 6.56. The summed E-state index contributed by atoms with van der Waals surface area (Å²) in [4.78, 5) is 14.0. The quantitative estimate of drug-likeness (QED) is 0.942. The van der Waals surface area contributed by atoms with Crippen LogP contribution in [0.4, 0.5) is 15.8 Å². The molecule has 6 heteroatoms. The van der Waals surface area contributed by atoms with Crippen LogP contribution in [0.3, 0.4) is 0 Å². The lowest BCUT2D eigenvalue weighted by Crippen LogP contribution is -2.29. The molecule has 5 nitrogen and oxygen atoms in total. The third-order valence-corrected chi connectivity index (χ3v) is 3.53. The van der Waals surface area contributed by atoms with Crippen molar-refractivity contribution in [1.29, 1.82) is 0 Å². The molecule has 0 saturated carbocycles. The Morgan fingerprint density at radius 3 is 3.00 bits per heavy atom. The fourth-order valence-electron chi connectivity index (χ4n) is 2.33. The predicted molar refractivity (Wildman–Crippen MR) is 85.7 cm³/mol. The maximum absolute atomic E-state index is 13.4. The van der Waals surface area contributed by atoms with Crippen molar-refractivity contribution < 1.29 is 18.7 Å². The van der Waals surface area contributed by atoms with E-state index < -0.39 is 5.82 Å². The molecule has 0 atom stereocenters. The summed E-state index contributed by atoms with van der Waals surface area (Å²) in [6, 6.07) is 11.4. The van der Waals surface area contributed by atoms with Gasteiger partial charge in [-0.1, -0.05) is 12.1 Å². The molecule has 3 rings (SSSR count). The Kier molecular flexibility index (Phi) is 4.32. The molecule has 1 aliphatic heterocycles. The number of fused-ring (bicyclic) bond motifs is 1. The summed E-state index contributed by atoms with van der Waals surface area (Å²) in [5, 5.41) is 2.73. The van der Waals surface area contributed by atoms with Gasteiger partial charge in [-0.15, -0.1) is 0 Å². The Morgan fingerprint density at radius 2 is 2.17 bits per heavy atom. The van der Waals surface area contributed by atoms with E-state index >= 15 is 0 Å². The van der Waals surface area contributed by atoms with E-state index in [0.29, 0.717) is 12.3 Å². The van der Waals surface area contributed by atoms with E-state index in [9.17, 15) is 9.18 Å². The lowest BCUT2D eigenvalue weighted by Gasteiger charge is -2.28. The van der Waals surface area contributed by atoms with Crippen LogP contribution in [0.25, 0.3) is 0 Å². The van der Waals surface area contributed by atoms with Gasteiger partial charge in [-0.25, -0.2) is 4.39 Å². The average Bonchev–Trinajstić information content (AvgIpc) is 2.55. The number of benzene rings is 2. The largest absolute Gasteiger partial charge is 0.490 e. The topological polar surface area (TPSA) is 50.8 Å². The molecule has 2 aromatic rings. The number of rotatable bonds is 4. The number of carbonyl (C=O) groups is 1. The van der Waals surface area contributed by atoms with Crippen molar-refractivity contribution in [3.8, 4) is 11.5 Å². The monoisotopic (exact) mass is 316 g/mol. The first-order chi connectivity index (χ1) is 11.1. The average molecular weight is 316 g/mol. The minimum atomic E-state index is -0.493. The number of halogens is 1. The normalized spacial score (nSPS) is 13.0. The summed E-state index contributed by atoms with van der Waals surface area (Å²) >= 11 is 0. The second-order valence-electron chi connectivity index (χ2n) is 5.22. The SMILES string of the molecule is CN1CCOc2ccc(NC(=O)COc3ccccc3F)cc21. The summed E-state index contributed by atoms with van der Waals surface area (Å²) in [5.41, 5.74) is 1.56. The van der Waals surface area contributed by atoms with Gasteiger partial charge in [0.2, 0.25) is 0 Å². The number of nitrogens with one attached hydrogen (secondary N) is 1. The highest BCUT2D eigenvalue weighted by Gasteiger charge is 2.16. The van der Waals surface area contributed by atoms with Crippen molar-refractivity contribution in [1.82, 2.24) is 0 Å². The molecule has 120 valence electrons. The third kappa shape index (κ3) is 3.53. The molecule has 0 aromatic heterocycles. The van der Waals surface area contributed by atoms with Gasteiger partial charge in [0.05, 0.1) is 12.2 Å². The Labute approximate surface area is 133 Å². The van der Waals surface area contributed by atoms with E-state index in [4.69, 9.17) is 9.47 Å². The molecule has 0 bridgehead atoms. The van der Waals surface area contributed by atoms with Crippen molar-refractivity contribution >= 4 is 17.3 Å². The standard InChI is InChI=1S/C17H17FN2O3/c1-20-8-9-22-16-7-6-12(10-14(16)20)19-17(21)11-23-15-5-3-2-4-13(15)18/h2-7,10H,8-9,11H2,1H3,(H,19,21). The van der Waals surface area contributed by atoms with Gasteiger partial charge in [0.25, 0.3) is 5.91 Å². The van der Waals surface area contributed by atoms with Crippen LogP contribution in [0.1, 0.15) is 0 Å². The molecule has 2 aromatic carbocycles. The Morgan fingerprint density at radius 1 is 1.35 bits per heavy atom. The first kappa shape index (κ1) is 15.1. The number of hydrogen-bond donors (Lipinski definition) is 1. The number of nitrogens with zero attached hydrogens (tertiary/aromatic N) is 1. The van der Waals surface area contributed by atoms with Gasteiger partial charge in [0.1, 0.15) is 12.4 Å². The van der Waals surface area contributed by atoms with Gasteiger partial charge in [-0.3, -0.25) is 4.79 Å². The Balaban J connectivity index is 1.62. The van der Waals surface area contributed by atoms with E-state index in [-0.39, 0.29) is 18.3 Å². The molecule has 1 amide bonds. The molecule has 0 radical (unpaired) electrons. The summed E-state index contributed by atoms with van der Waals surface area (Å²) < 4.78 is 24.2. The highest BCUT2D eigenvalue weighted by atomic mass is 19.1. The lowest BCUT2D eigenvalue weighted by atomic mass is 10.2. The first-order valence-corrected chi connectivity index (χ1v) is 7.28. The zero-order valence-electron chi connectivity index (χ0n) is 12.7. The number of anilines is 2. The molecule has 1 aliphatic rings. The highest BCUT2D eigenvalue weighted by molar-refractivity contribution is 5.92. The maximum Gasteiger partial charge on any atom is 0.262 e. The molecule has 0 unspecified atom stereocenters. The van der Waals surface area contributed by atoms with Gasteiger partial charge in [0.15, 0.2) is 18.2 Å². The fourth-order valence-corrected chi connectivity index (χ4v) is 2.33. The van der Waals surface area contributed by atoms with E-state index in [0.717, 1.165) is 18.0 Å². The van der Waals surface area contributed by atoms with Crippen LogP contribution < -0.4 is 19.7 Å². The second-order valence-corrected chi connectivity index (χ2v) is 5.22. The highest BCUT2D eigenvalue weighted by Crippen LogP contribution is 2.33. The molecule has 0 saturated heterocycles. The third-order valence-electron chi connectivity index (χ3n) is 3.53. The molecule has 1 heterocycles. The summed E-state index contributed by atoms with van der Waals surface area (Å²) in [6.45, 7) is 1.18. The van der Waals surface area contributed by atoms with Crippen LogP contribution in [-0.4, -0.2) is 32.7 Å².